The van der Waals surface area contributed by atoms with Crippen LogP contribution >= 0.6 is 11.3 Å². The van der Waals surface area contributed by atoms with E-state index in [0.717, 1.165) is 43.0 Å². The number of nitrogens with one attached hydrogen (secondary N) is 1. The molecule has 0 radical (unpaired) electrons. The third-order valence-corrected chi connectivity index (χ3v) is 6.00. The molecule has 1 unspecified atom stereocenters. The fourth-order valence-corrected chi connectivity index (χ4v) is 3.67. The summed E-state index contributed by atoms with van der Waals surface area (Å²) in [7, 11) is 0. The second kappa shape index (κ2) is 16.9. The number of carboxylic acids is 3. The van der Waals surface area contributed by atoms with Crippen molar-refractivity contribution in [3.05, 3.63) is 41.2 Å². The van der Waals surface area contributed by atoms with Crippen LogP contribution in [0.3, 0.4) is 0 Å². The topological polar surface area (TPSA) is 162 Å². The van der Waals surface area contributed by atoms with Crippen LogP contribution in [0.2, 0.25) is 0 Å². The number of hydrogen-bond donors (Lipinski definition) is 4. The summed E-state index contributed by atoms with van der Waals surface area (Å²) in [6, 6.07) is 4.35. The van der Waals surface area contributed by atoms with Crippen molar-refractivity contribution >= 4 is 34.4 Å². The number of aromatic nitrogens is 2. The zero-order chi connectivity index (χ0) is 33.7. The maximum Gasteiger partial charge on any atom is 0.490 e. The Morgan fingerprint density at radius 2 is 1.48 bits per heavy atom. The molecule has 0 amide bonds. The van der Waals surface area contributed by atoms with E-state index in [4.69, 9.17) is 39.4 Å². The van der Waals surface area contributed by atoms with E-state index >= 15 is 0 Å². The van der Waals surface area contributed by atoms with Gasteiger partial charge in [0.05, 0.1) is 24.9 Å². The molecule has 1 saturated carbocycles. The van der Waals surface area contributed by atoms with Gasteiger partial charge in [0.15, 0.2) is 5.13 Å². The van der Waals surface area contributed by atoms with Crippen molar-refractivity contribution in [2.75, 3.05) is 31.6 Å². The van der Waals surface area contributed by atoms with Crippen LogP contribution in [-0.2, 0) is 25.7 Å². The SMILES string of the molecule is O=C(O)C(F)(F)F.O=C(O)C(F)(F)F.O=C(O)C(F)(F)F.c1cncc(CN2CCOCC2c2csc(NCC3CC3)n2)c1. The fourth-order valence-electron chi connectivity index (χ4n) is 2.90. The summed E-state index contributed by atoms with van der Waals surface area (Å²) in [4.78, 5) is 38.1. The van der Waals surface area contributed by atoms with E-state index in [0.29, 0.717) is 6.61 Å². The van der Waals surface area contributed by atoms with Crippen LogP contribution in [0.1, 0.15) is 30.1 Å². The first-order valence-electron chi connectivity index (χ1n) is 12.0. The highest BCUT2D eigenvalue weighted by molar-refractivity contribution is 7.13. The van der Waals surface area contributed by atoms with Crippen LogP contribution in [0.15, 0.2) is 29.9 Å². The van der Waals surface area contributed by atoms with Crippen LogP contribution < -0.4 is 5.32 Å². The lowest BCUT2D eigenvalue weighted by Crippen LogP contribution is -2.39. The molecule has 0 aromatic carbocycles. The summed E-state index contributed by atoms with van der Waals surface area (Å²) in [5, 5.41) is 28.1. The van der Waals surface area contributed by atoms with Gasteiger partial charge in [0, 0.05) is 37.4 Å². The largest absolute Gasteiger partial charge is 0.490 e. The van der Waals surface area contributed by atoms with E-state index in [-0.39, 0.29) is 6.04 Å². The molecule has 3 heterocycles. The Bertz CT molecular complexity index is 1130. The molecule has 44 heavy (non-hydrogen) atoms. The van der Waals surface area contributed by atoms with Crippen LogP contribution in [0.25, 0.3) is 0 Å². The molecule has 2 aromatic rings. The molecule has 4 rings (SSSR count). The van der Waals surface area contributed by atoms with Gasteiger partial charge in [-0.15, -0.1) is 11.3 Å². The van der Waals surface area contributed by atoms with Gasteiger partial charge in [-0.3, -0.25) is 9.88 Å². The van der Waals surface area contributed by atoms with E-state index in [9.17, 15) is 39.5 Å². The number of rotatable bonds is 6. The molecule has 1 atom stereocenters. The van der Waals surface area contributed by atoms with Gasteiger partial charge < -0.3 is 25.4 Å². The Morgan fingerprint density at radius 1 is 0.955 bits per heavy atom. The lowest BCUT2D eigenvalue weighted by molar-refractivity contribution is -0.193. The number of anilines is 1. The van der Waals surface area contributed by atoms with Crippen LogP contribution in [0.5, 0.6) is 0 Å². The maximum atomic E-state index is 10.6. The van der Waals surface area contributed by atoms with E-state index in [2.05, 4.69) is 26.6 Å². The lowest BCUT2D eigenvalue weighted by Gasteiger charge is -2.34. The van der Waals surface area contributed by atoms with Gasteiger partial charge in [0.2, 0.25) is 0 Å². The lowest BCUT2D eigenvalue weighted by atomic mass is 10.1. The van der Waals surface area contributed by atoms with Gasteiger partial charge in [-0.25, -0.2) is 19.4 Å². The summed E-state index contributed by atoms with van der Waals surface area (Å²) < 4.78 is 101. The number of ether oxygens (including phenoxy) is 1. The number of thiazole rings is 1. The minimum atomic E-state index is -5.08. The standard InChI is InChI=1S/C17H22N4OS.3C2HF3O2/c1-2-14(8-18-5-1)10-21-6-7-22-11-16(21)15-12-23-17(20-15)19-9-13-3-4-13;3*3-2(4,5)1(6)7/h1-2,5,8,12-13,16H,3-4,6-7,9-11H2,(H,19,20);3*(H,6,7). The molecule has 11 nitrogen and oxygen atoms in total. The van der Waals surface area contributed by atoms with Gasteiger partial charge >= 0.3 is 36.4 Å². The molecule has 2 aromatic heterocycles. The zero-order valence-electron chi connectivity index (χ0n) is 22.1. The van der Waals surface area contributed by atoms with Gasteiger partial charge in [-0.05, 0) is 30.4 Å². The first-order valence-corrected chi connectivity index (χ1v) is 12.9. The van der Waals surface area contributed by atoms with Gasteiger partial charge in [-0.2, -0.15) is 39.5 Å². The first kappa shape index (κ1) is 38.3. The first-order chi connectivity index (χ1) is 20.2. The van der Waals surface area contributed by atoms with E-state index in [1.54, 1.807) is 11.3 Å². The molecule has 0 bridgehead atoms. The second-order valence-corrected chi connectivity index (χ2v) is 9.59. The van der Waals surface area contributed by atoms with Crippen molar-refractivity contribution in [1.29, 1.82) is 0 Å². The predicted molar refractivity (Wildman–Crippen MR) is 133 cm³/mol. The monoisotopic (exact) mass is 672 g/mol. The van der Waals surface area contributed by atoms with Gasteiger partial charge in [0.1, 0.15) is 0 Å². The molecule has 1 aliphatic carbocycles. The Labute approximate surface area is 246 Å². The maximum absolute atomic E-state index is 10.6. The molecule has 0 spiro atoms. The molecular weight excluding hydrogens is 647 g/mol. The number of morpholine rings is 1. The minimum absolute atomic E-state index is 0.233. The zero-order valence-corrected chi connectivity index (χ0v) is 22.9. The third kappa shape index (κ3) is 15.7. The summed E-state index contributed by atoms with van der Waals surface area (Å²) in [6.07, 6.45) is -8.77. The predicted octanol–water partition coefficient (Wildman–Crippen LogP) is 4.83. The Hall–Kier alpha value is -3.72. The van der Waals surface area contributed by atoms with Crippen molar-refractivity contribution in [3.8, 4) is 0 Å². The summed E-state index contributed by atoms with van der Waals surface area (Å²) >= 11 is 1.70. The number of halogens is 9. The number of alkyl halides is 9. The van der Waals surface area contributed by atoms with Crippen LogP contribution in [0.4, 0.5) is 44.6 Å². The second-order valence-electron chi connectivity index (χ2n) is 8.73. The highest BCUT2D eigenvalue weighted by Crippen LogP contribution is 2.31. The number of nitrogens with zero attached hydrogens (tertiary/aromatic N) is 3. The Morgan fingerprint density at radius 3 is 1.91 bits per heavy atom. The number of aliphatic carboxylic acids is 3. The molecule has 2 fully saturated rings. The molecule has 21 heteroatoms. The summed E-state index contributed by atoms with van der Waals surface area (Å²) in [5.74, 6) is -7.41. The Kier molecular flexibility index (Phi) is 14.8. The van der Waals surface area contributed by atoms with Crippen LogP contribution in [0, 0.1) is 5.92 Å². The molecule has 4 N–H and O–H groups in total. The fraction of sp³-hybridized carbons (Fsp3) is 0.522. The number of carbonyl (C=O) groups is 3. The van der Waals surface area contributed by atoms with E-state index in [1.807, 2.05) is 18.5 Å². The average Bonchev–Trinajstić information content (AvgIpc) is 3.63. The third-order valence-electron chi connectivity index (χ3n) is 5.18. The van der Waals surface area contributed by atoms with Crippen molar-refractivity contribution in [2.24, 2.45) is 5.92 Å². The summed E-state index contributed by atoms with van der Waals surface area (Å²) in [5.41, 5.74) is 2.36. The smallest absolute Gasteiger partial charge is 0.475 e. The van der Waals surface area contributed by atoms with Gasteiger partial charge in [0.25, 0.3) is 0 Å². The van der Waals surface area contributed by atoms with Gasteiger partial charge in [-0.1, -0.05) is 6.07 Å². The molecular formula is C23H25F9N4O7S. The van der Waals surface area contributed by atoms with Crippen molar-refractivity contribution < 1.29 is 74.0 Å². The van der Waals surface area contributed by atoms with Crippen molar-refractivity contribution in [3.63, 3.8) is 0 Å². The summed E-state index contributed by atoms with van der Waals surface area (Å²) in [6.45, 7) is 4.39. The quantitative estimate of drug-likeness (QED) is 0.311. The normalized spacial score (nSPS) is 17.0. The molecule has 248 valence electrons. The highest BCUT2D eigenvalue weighted by atomic mass is 32.1. The highest BCUT2D eigenvalue weighted by Gasteiger charge is 2.39. The Balaban J connectivity index is 0.000000379. The minimum Gasteiger partial charge on any atom is -0.475 e. The number of hydrogen-bond acceptors (Lipinski definition) is 9. The number of carboxylic acid groups (broad SMARTS) is 3. The van der Waals surface area contributed by atoms with Crippen molar-refractivity contribution in [1.82, 2.24) is 14.9 Å². The van der Waals surface area contributed by atoms with Crippen LogP contribution in [-0.4, -0.2) is 92.9 Å². The number of pyridine rings is 1. The average molecular weight is 673 g/mol. The van der Waals surface area contributed by atoms with Crippen molar-refractivity contribution in [2.45, 2.75) is 44.0 Å². The molecule has 1 aliphatic heterocycles. The van der Waals surface area contributed by atoms with E-state index < -0.39 is 36.4 Å². The molecule has 1 saturated heterocycles. The molecule has 2 aliphatic rings. The van der Waals surface area contributed by atoms with E-state index in [1.165, 1.54) is 18.4 Å².